The van der Waals surface area contributed by atoms with E-state index >= 15 is 0 Å². The van der Waals surface area contributed by atoms with Crippen LogP contribution in [0.4, 0.5) is 0 Å². The summed E-state index contributed by atoms with van der Waals surface area (Å²) in [5, 5.41) is 3.14. The van der Waals surface area contributed by atoms with E-state index < -0.39 is 0 Å². The predicted molar refractivity (Wildman–Crippen MR) is 77.9 cm³/mol. The van der Waals surface area contributed by atoms with Gasteiger partial charge in [-0.15, -0.1) is 11.3 Å². The highest BCUT2D eigenvalue weighted by Gasteiger charge is 2.23. The highest BCUT2D eigenvalue weighted by atomic mass is 32.1. The normalized spacial score (nSPS) is 14.3. The molecule has 0 saturated heterocycles. The van der Waals surface area contributed by atoms with Crippen molar-refractivity contribution < 1.29 is 4.74 Å². The summed E-state index contributed by atoms with van der Waals surface area (Å²) in [5.41, 5.74) is 5.00. The van der Waals surface area contributed by atoms with Crippen molar-refractivity contribution in [2.75, 3.05) is 7.11 Å². The fourth-order valence-corrected chi connectivity index (χ4v) is 2.78. The molecule has 0 radical (unpaired) electrons. The van der Waals surface area contributed by atoms with Crippen LogP contribution in [0.3, 0.4) is 0 Å². The van der Waals surface area contributed by atoms with Gasteiger partial charge in [0, 0.05) is 18.9 Å². The molecule has 0 aliphatic carbocycles. The van der Waals surface area contributed by atoms with Crippen molar-refractivity contribution in [3.8, 4) is 0 Å². The summed E-state index contributed by atoms with van der Waals surface area (Å²) >= 11 is 1.65. The van der Waals surface area contributed by atoms with Crippen molar-refractivity contribution in [3.63, 3.8) is 0 Å². The topological polar surface area (TPSA) is 60.2 Å². The third kappa shape index (κ3) is 3.61. The van der Waals surface area contributed by atoms with Gasteiger partial charge in [0.2, 0.25) is 0 Å². The summed E-state index contributed by atoms with van der Waals surface area (Å²) in [6.45, 7) is 2.00. The molecule has 1 heterocycles. The van der Waals surface area contributed by atoms with E-state index in [0.717, 1.165) is 22.7 Å². The number of rotatable bonds is 6. The van der Waals surface area contributed by atoms with Crippen LogP contribution in [0.25, 0.3) is 0 Å². The van der Waals surface area contributed by atoms with Crippen LogP contribution in [0, 0.1) is 6.92 Å². The zero-order chi connectivity index (χ0) is 13.7. The van der Waals surface area contributed by atoms with Gasteiger partial charge in [0.1, 0.15) is 0 Å². The summed E-state index contributed by atoms with van der Waals surface area (Å²) < 4.78 is 5.60. The Morgan fingerprint density at radius 1 is 1.37 bits per heavy atom. The van der Waals surface area contributed by atoms with Gasteiger partial charge in [0.05, 0.1) is 22.8 Å². The number of hydrogen-bond acceptors (Lipinski definition) is 5. The standard InChI is InChI=1S/C14H19N3OS/c1-10-16-12(9-19-10)8-13(17-15)14(18-2)11-6-4-3-5-7-11/h3-7,9,13-14,17H,8,15H2,1-2H3. The molecule has 0 aliphatic heterocycles. The fourth-order valence-electron chi connectivity index (χ4n) is 2.16. The van der Waals surface area contributed by atoms with Crippen LogP contribution in [0.5, 0.6) is 0 Å². The van der Waals surface area contributed by atoms with Gasteiger partial charge in [-0.25, -0.2) is 4.98 Å². The van der Waals surface area contributed by atoms with Gasteiger partial charge in [-0.05, 0) is 12.5 Å². The summed E-state index contributed by atoms with van der Waals surface area (Å²) in [4.78, 5) is 4.48. The first-order valence-corrected chi connectivity index (χ1v) is 7.07. The number of hydrazine groups is 1. The van der Waals surface area contributed by atoms with Crippen LogP contribution in [0.1, 0.15) is 22.4 Å². The molecule has 2 rings (SSSR count). The van der Waals surface area contributed by atoms with Crippen LogP contribution in [0.2, 0.25) is 0 Å². The lowest BCUT2D eigenvalue weighted by atomic mass is 9.99. The molecule has 0 fully saturated rings. The van der Waals surface area contributed by atoms with E-state index in [9.17, 15) is 0 Å². The lowest BCUT2D eigenvalue weighted by molar-refractivity contribution is 0.0676. The molecule has 0 saturated carbocycles. The van der Waals surface area contributed by atoms with Gasteiger partial charge < -0.3 is 4.74 Å². The maximum atomic E-state index is 5.69. The lowest BCUT2D eigenvalue weighted by Crippen LogP contribution is -2.42. The molecule has 1 aromatic carbocycles. The van der Waals surface area contributed by atoms with Gasteiger partial charge in [-0.1, -0.05) is 30.3 Å². The average Bonchev–Trinajstić information content (AvgIpc) is 2.85. The van der Waals surface area contributed by atoms with Crippen molar-refractivity contribution in [2.45, 2.75) is 25.5 Å². The largest absolute Gasteiger partial charge is 0.375 e. The van der Waals surface area contributed by atoms with Gasteiger partial charge in [-0.3, -0.25) is 11.3 Å². The van der Waals surface area contributed by atoms with Crippen LogP contribution in [-0.2, 0) is 11.2 Å². The molecular formula is C14H19N3OS. The minimum Gasteiger partial charge on any atom is -0.375 e. The Morgan fingerprint density at radius 3 is 2.63 bits per heavy atom. The van der Waals surface area contributed by atoms with E-state index in [2.05, 4.69) is 15.8 Å². The third-order valence-corrected chi connectivity index (χ3v) is 3.88. The second-order valence-corrected chi connectivity index (χ2v) is 5.46. The van der Waals surface area contributed by atoms with E-state index in [0.29, 0.717) is 0 Å². The Morgan fingerprint density at radius 2 is 2.11 bits per heavy atom. The number of ether oxygens (including phenoxy) is 1. The Bertz CT molecular complexity index is 500. The zero-order valence-corrected chi connectivity index (χ0v) is 12.0. The lowest BCUT2D eigenvalue weighted by Gasteiger charge is -2.25. The van der Waals surface area contributed by atoms with Crippen LogP contribution >= 0.6 is 11.3 Å². The highest BCUT2D eigenvalue weighted by molar-refractivity contribution is 7.09. The molecule has 1 aromatic heterocycles. The molecule has 0 bridgehead atoms. The number of nitrogens with zero attached hydrogens (tertiary/aromatic N) is 1. The first kappa shape index (κ1) is 14.1. The number of aromatic nitrogens is 1. The zero-order valence-electron chi connectivity index (χ0n) is 11.2. The van der Waals surface area contributed by atoms with Gasteiger partial charge in [0.15, 0.2) is 0 Å². The quantitative estimate of drug-likeness (QED) is 0.628. The number of benzene rings is 1. The molecule has 4 nitrogen and oxygen atoms in total. The summed E-state index contributed by atoms with van der Waals surface area (Å²) in [6, 6.07) is 10.1. The molecular weight excluding hydrogens is 258 g/mol. The molecule has 2 unspecified atom stereocenters. The molecule has 0 aliphatic rings. The summed E-state index contributed by atoms with van der Waals surface area (Å²) in [7, 11) is 1.70. The first-order valence-electron chi connectivity index (χ1n) is 6.19. The maximum absolute atomic E-state index is 5.69. The van der Waals surface area contributed by atoms with E-state index in [4.69, 9.17) is 10.6 Å². The third-order valence-electron chi connectivity index (χ3n) is 3.06. The molecule has 2 aromatic rings. The van der Waals surface area contributed by atoms with Crippen molar-refractivity contribution in [3.05, 3.63) is 52.0 Å². The highest BCUT2D eigenvalue weighted by Crippen LogP contribution is 2.23. The second kappa shape index (κ2) is 6.77. The number of methoxy groups -OCH3 is 1. The van der Waals surface area contributed by atoms with Crippen LogP contribution in [0.15, 0.2) is 35.7 Å². The van der Waals surface area contributed by atoms with Crippen LogP contribution < -0.4 is 11.3 Å². The number of nitrogens with one attached hydrogen (secondary N) is 1. The van der Waals surface area contributed by atoms with E-state index in [1.165, 1.54) is 0 Å². The summed E-state index contributed by atoms with van der Waals surface area (Å²) in [6.07, 6.45) is 0.655. The monoisotopic (exact) mass is 277 g/mol. The fraction of sp³-hybridized carbons (Fsp3) is 0.357. The average molecular weight is 277 g/mol. The molecule has 3 N–H and O–H groups in total. The van der Waals surface area contributed by atoms with E-state index in [1.54, 1.807) is 18.4 Å². The molecule has 0 spiro atoms. The minimum absolute atomic E-state index is 0.00565. The van der Waals surface area contributed by atoms with Crippen LogP contribution in [-0.4, -0.2) is 18.1 Å². The Balaban J connectivity index is 2.15. The van der Waals surface area contributed by atoms with E-state index in [-0.39, 0.29) is 12.1 Å². The van der Waals surface area contributed by atoms with Gasteiger partial charge >= 0.3 is 0 Å². The number of aryl methyl sites for hydroxylation is 1. The first-order chi connectivity index (χ1) is 9.24. The Kier molecular flexibility index (Phi) is 5.04. The number of thiazole rings is 1. The van der Waals surface area contributed by atoms with E-state index in [1.807, 2.05) is 37.3 Å². The van der Waals surface area contributed by atoms with Crippen molar-refractivity contribution in [1.82, 2.24) is 10.4 Å². The number of hydrogen-bond donors (Lipinski definition) is 2. The second-order valence-electron chi connectivity index (χ2n) is 4.40. The predicted octanol–water partition coefficient (Wildman–Crippen LogP) is 2.21. The van der Waals surface area contributed by atoms with Crippen molar-refractivity contribution in [1.29, 1.82) is 0 Å². The molecule has 102 valence electrons. The van der Waals surface area contributed by atoms with Gasteiger partial charge in [-0.2, -0.15) is 0 Å². The Labute approximate surface area is 117 Å². The minimum atomic E-state index is -0.0896. The molecule has 0 amide bonds. The summed E-state index contributed by atoms with van der Waals surface area (Å²) in [5.74, 6) is 5.69. The molecule has 19 heavy (non-hydrogen) atoms. The van der Waals surface area contributed by atoms with Gasteiger partial charge in [0.25, 0.3) is 0 Å². The maximum Gasteiger partial charge on any atom is 0.0991 e. The van der Waals surface area contributed by atoms with Crippen molar-refractivity contribution >= 4 is 11.3 Å². The smallest absolute Gasteiger partial charge is 0.0991 e. The molecule has 5 heteroatoms. The Hall–Kier alpha value is -1.27. The number of nitrogens with two attached hydrogens (primary N) is 1. The molecule has 2 atom stereocenters. The van der Waals surface area contributed by atoms with Crippen molar-refractivity contribution in [2.24, 2.45) is 5.84 Å². The SMILES string of the molecule is COC(c1ccccc1)C(Cc1csc(C)n1)NN.